The molecule has 0 aliphatic heterocycles. The van der Waals surface area contributed by atoms with Crippen molar-refractivity contribution < 1.29 is 0 Å². The first-order chi connectivity index (χ1) is 17.0. The van der Waals surface area contributed by atoms with E-state index in [1.807, 2.05) is 60.7 Å². The van der Waals surface area contributed by atoms with Gasteiger partial charge in [0.05, 0.1) is 18.6 Å². The lowest BCUT2D eigenvalue weighted by atomic mass is 10.2. The van der Waals surface area contributed by atoms with E-state index in [0.29, 0.717) is 22.6 Å². The lowest BCUT2D eigenvalue weighted by Crippen LogP contribution is -2.38. The Bertz CT molecular complexity index is 1650. The molecule has 0 unspecified atom stereocenters. The van der Waals surface area contributed by atoms with E-state index >= 15 is 0 Å². The van der Waals surface area contributed by atoms with Crippen molar-refractivity contribution in [1.29, 1.82) is 0 Å². The summed E-state index contributed by atoms with van der Waals surface area (Å²) in [5.41, 5.74) is 7.53. The number of fused-ring (bicyclic) bond motifs is 1. The molecule has 0 radical (unpaired) electrons. The van der Waals surface area contributed by atoms with Gasteiger partial charge in [-0.3, -0.25) is 19.1 Å². The Hall–Kier alpha value is -4.44. The number of aromatic nitrogens is 4. The number of hydrogen-bond acceptors (Lipinski definition) is 7. The quantitative estimate of drug-likeness (QED) is 0.324. The van der Waals surface area contributed by atoms with E-state index in [4.69, 9.17) is 5.73 Å². The van der Waals surface area contributed by atoms with E-state index in [-0.39, 0.29) is 30.2 Å². The van der Waals surface area contributed by atoms with Crippen molar-refractivity contribution in [3.63, 3.8) is 0 Å². The molecule has 0 aliphatic rings. The Kier molecular flexibility index (Phi) is 6.02. The first kappa shape index (κ1) is 22.4. The van der Waals surface area contributed by atoms with Crippen molar-refractivity contribution in [2.75, 3.05) is 10.6 Å². The van der Waals surface area contributed by atoms with Crippen molar-refractivity contribution in [2.45, 2.75) is 19.6 Å². The summed E-state index contributed by atoms with van der Waals surface area (Å²) in [6, 6.07) is 20.7. The van der Waals surface area contributed by atoms with Gasteiger partial charge in [-0.05, 0) is 22.6 Å². The second-order valence-corrected chi connectivity index (χ2v) is 8.97. The third-order valence-corrected chi connectivity index (χ3v) is 6.54. The highest BCUT2D eigenvalue weighted by Gasteiger charge is 2.21. The van der Waals surface area contributed by atoms with Gasteiger partial charge in [-0.1, -0.05) is 60.7 Å². The minimum atomic E-state index is -0.605. The van der Waals surface area contributed by atoms with Crippen LogP contribution >= 0.6 is 11.3 Å². The van der Waals surface area contributed by atoms with Crippen LogP contribution in [0.1, 0.15) is 17.0 Å². The molecule has 0 bridgehead atoms. The summed E-state index contributed by atoms with van der Waals surface area (Å²) >= 11 is 1.32. The van der Waals surface area contributed by atoms with Gasteiger partial charge in [-0.2, -0.15) is 0 Å². The minimum Gasteiger partial charge on any atom is -0.383 e. The Morgan fingerprint density at radius 2 is 1.54 bits per heavy atom. The number of aromatic amines is 2. The number of hydrogen-bond donors (Lipinski definition) is 3. The molecule has 4 N–H and O–H groups in total. The van der Waals surface area contributed by atoms with Crippen LogP contribution < -0.4 is 27.4 Å². The van der Waals surface area contributed by atoms with Crippen LogP contribution in [0.4, 0.5) is 11.5 Å². The summed E-state index contributed by atoms with van der Waals surface area (Å²) in [5, 5.41) is 1.81. The molecule has 10 heteroatoms. The van der Waals surface area contributed by atoms with Gasteiger partial charge in [0.1, 0.15) is 22.0 Å². The average molecular weight is 487 g/mol. The maximum absolute atomic E-state index is 13.0. The largest absolute Gasteiger partial charge is 0.383 e. The molecule has 35 heavy (non-hydrogen) atoms. The molecule has 3 aromatic heterocycles. The van der Waals surface area contributed by atoms with Gasteiger partial charge in [-0.25, -0.2) is 9.78 Å². The monoisotopic (exact) mass is 486 g/mol. The zero-order valence-corrected chi connectivity index (χ0v) is 19.4. The third kappa shape index (κ3) is 4.64. The highest BCUT2D eigenvalue weighted by atomic mass is 32.1. The van der Waals surface area contributed by atoms with Crippen LogP contribution in [0.3, 0.4) is 0 Å². The summed E-state index contributed by atoms with van der Waals surface area (Å²) in [6.45, 7) is 0.611. The smallest absolute Gasteiger partial charge is 0.330 e. The molecule has 5 aromatic rings. The second-order valence-electron chi connectivity index (χ2n) is 8.05. The van der Waals surface area contributed by atoms with Crippen LogP contribution in [-0.2, 0) is 19.6 Å². The molecule has 0 fully saturated rings. The van der Waals surface area contributed by atoms with Crippen molar-refractivity contribution in [3.05, 3.63) is 120 Å². The summed E-state index contributed by atoms with van der Waals surface area (Å²) in [4.78, 5) is 49.7. The Labute approximate surface area is 203 Å². The second kappa shape index (κ2) is 9.43. The highest BCUT2D eigenvalue weighted by Crippen LogP contribution is 2.22. The normalized spacial score (nSPS) is 11.1. The van der Waals surface area contributed by atoms with Gasteiger partial charge in [0.2, 0.25) is 0 Å². The van der Waals surface area contributed by atoms with Crippen LogP contribution in [0.2, 0.25) is 0 Å². The molecule has 2 aromatic carbocycles. The number of benzene rings is 2. The highest BCUT2D eigenvalue weighted by molar-refractivity contribution is 7.17. The first-order valence-electron chi connectivity index (χ1n) is 10.9. The fraction of sp³-hybridized carbons (Fsp3) is 0.120. The number of H-pyrrole nitrogens is 2. The van der Waals surface area contributed by atoms with Crippen molar-refractivity contribution in [3.8, 4) is 0 Å². The van der Waals surface area contributed by atoms with Crippen LogP contribution in [-0.4, -0.2) is 19.5 Å². The number of rotatable bonds is 7. The van der Waals surface area contributed by atoms with E-state index in [0.717, 1.165) is 11.1 Å². The fourth-order valence-corrected chi connectivity index (χ4v) is 4.73. The van der Waals surface area contributed by atoms with Gasteiger partial charge in [0.25, 0.3) is 11.1 Å². The van der Waals surface area contributed by atoms with Crippen LogP contribution in [0.15, 0.2) is 86.5 Å². The van der Waals surface area contributed by atoms with E-state index in [9.17, 15) is 14.4 Å². The van der Waals surface area contributed by atoms with Crippen molar-refractivity contribution in [1.82, 2.24) is 19.5 Å². The number of nitrogens with two attached hydrogens (primary N) is 1. The molecular weight excluding hydrogens is 464 g/mol. The van der Waals surface area contributed by atoms with Crippen LogP contribution in [0.5, 0.6) is 0 Å². The molecule has 5 rings (SSSR count). The predicted octanol–water partition coefficient (Wildman–Crippen LogP) is 2.67. The average Bonchev–Trinajstić information content (AvgIpc) is 3.32. The first-order valence-corrected chi connectivity index (χ1v) is 11.8. The number of anilines is 2. The lowest BCUT2D eigenvalue weighted by Gasteiger charge is -2.26. The lowest BCUT2D eigenvalue weighted by molar-refractivity contribution is 0.703. The molecular formula is C25H22N6O3S. The predicted molar refractivity (Wildman–Crippen MR) is 138 cm³/mol. The number of nitrogens with one attached hydrogen (secondary N) is 2. The SMILES string of the molecule is Nc1c(N(Cc2ccccc2)Cc2nc3ccsc3c(=O)[nH]2)c(=O)[nH]c(=O)n1Cc1ccccc1. The van der Waals surface area contributed by atoms with Gasteiger partial charge < -0.3 is 15.6 Å². The van der Waals surface area contributed by atoms with Gasteiger partial charge in [0, 0.05) is 6.54 Å². The van der Waals surface area contributed by atoms with Gasteiger partial charge in [0.15, 0.2) is 0 Å². The zero-order valence-electron chi connectivity index (χ0n) is 18.6. The molecule has 0 saturated carbocycles. The molecule has 0 amide bonds. The molecule has 0 spiro atoms. The van der Waals surface area contributed by atoms with Crippen LogP contribution in [0.25, 0.3) is 10.2 Å². The Morgan fingerprint density at radius 1 is 0.857 bits per heavy atom. The van der Waals surface area contributed by atoms with Crippen molar-refractivity contribution in [2.24, 2.45) is 0 Å². The standard InChI is InChI=1S/C25H22N6O3S/c26-22-20(23(32)29-25(34)31(22)14-17-9-5-2-6-10-17)30(13-16-7-3-1-4-8-16)15-19-27-18-11-12-35-21(18)24(33)28-19/h1-12H,13-15,26H2,(H,27,28,33)(H,29,32,34). The van der Waals surface area contributed by atoms with Crippen molar-refractivity contribution >= 4 is 33.1 Å². The summed E-state index contributed by atoms with van der Waals surface area (Å²) in [7, 11) is 0. The molecule has 3 heterocycles. The summed E-state index contributed by atoms with van der Waals surface area (Å²) in [6.07, 6.45) is 0. The van der Waals surface area contributed by atoms with E-state index in [1.54, 1.807) is 16.3 Å². The maximum Gasteiger partial charge on any atom is 0.330 e. The summed E-state index contributed by atoms with van der Waals surface area (Å²) < 4.78 is 1.87. The topological polar surface area (TPSA) is 130 Å². The Balaban J connectivity index is 1.61. The van der Waals surface area contributed by atoms with Gasteiger partial charge >= 0.3 is 5.69 Å². The molecule has 0 atom stereocenters. The maximum atomic E-state index is 13.0. The van der Waals surface area contributed by atoms with Crippen LogP contribution in [0, 0.1) is 0 Å². The number of nitrogen functional groups attached to an aromatic ring is 1. The third-order valence-electron chi connectivity index (χ3n) is 5.63. The van der Waals surface area contributed by atoms with E-state index in [2.05, 4.69) is 15.0 Å². The number of thiophene rings is 1. The van der Waals surface area contributed by atoms with Gasteiger partial charge in [-0.15, -0.1) is 11.3 Å². The summed E-state index contributed by atoms with van der Waals surface area (Å²) in [5.74, 6) is 0.425. The minimum absolute atomic E-state index is 0.0393. The Morgan fingerprint density at radius 3 is 2.26 bits per heavy atom. The molecule has 0 aliphatic carbocycles. The number of nitrogens with zero attached hydrogens (tertiary/aromatic N) is 3. The zero-order chi connectivity index (χ0) is 24.4. The molecule has 176 valence electrons. The van der Waals surface area contributed by atoms with E-state index < -0.39 is 11.2 Å². The molecule has 0 saturated heterocycles. The van der Waals surface area contributed by atoms with E-state index in [1.165, 1.54) is 15.9 Å². The fourth-order valence-electron chi connectivity index (χ4n) is 4.00. The molecule has 9 nitrogen and oxygen atoms in total.